The van der Waals surface area contributed by atoms with Crippen LogP contribution in [0.3, 0.4) is 0 Å². The molecule has 0 saturated heterocycles. The second kappa shape index (κ2) is 4.59. The molecule has 18 heavy (non-hydrogen) atoms. The number of guanidine groups is 1. The molecule has 0 aromatic heterocycles. The van der Waals surface area contributed by atoms with E-state index in [-0.39, 0.29) is 5.82 Å². The number of anilines is 1. The smallest absolute Gasteiger partial charge is 0.196 e. The highest BCUT2D eigenvalue weighted by Gasteiger charge is 2.23. The number of nitrogens with two attached hydrogens (primary N) is 1. The van der Waals surface area contributed by atoms with Gasteiger partial charge in [0.15, 0.2) is 5.96 Å². The lowest BCUT2D eigenvalue weighted by molar-refractivity contribution is 0.628. The van der Waals surface area contributed by atoms with E-state index in [0.29, 0.717) is 12.0 Å². The van der Waals surface area contributed by atoms with Gasteiger partial charge in [0, 0.05) is 12.2 Å². The third-order valence-electron chi connectivity index (χ3n) is 3.86. The molecule has 2 aliphatic rings. The normalized spacial score (nSPS) is 20.5. The van der Waals surface area contributed by atoms with Crippen molar-refractivity contribution in [2.24, 2.45) is 10.7 Å². The van der Waals surface area contributed by atoms with Crippen molar-refractivity contribution >= 4 is 11.6 Å². The summed E-state index contributed by atoms with van der Waals surface area (Å²) in [6.45, 7) is 0.806. The van der Waals surface area contributed by atoms with Crippen molar-refractivity contribution in [3.8, 4) is 0 Å². The maximum atomic E-state index is 13.3. The van der Waals surface area contributed by atoms with Crippen LogP contribution in [0.1, 0.15) is 31.2 Å². The van der Waals surface area contributed by atoms with Crippen LogP contribution in [0.25, 0.3) is 0 Å². The molecule has 0 spiro atoms. The van der Waals surface area contributed by atoms with Gasteiger partial charge in [0.1, 0.15) is 5.82 Å². The molecule has 1 aromatic rings. The number of rotatable bonds is 1. The van der Waals surface area contributed by atoms with Gasteiger partial charge in [-0.3, -0.25) is 0 Å². The van der Waals surface area contributed by atoms with Crippen LogP contribution in [0.2, 0.25) is 0 Å². The van der Waals surface area contributed by atoms with Gasteiger partial charge in [-0.05, 0) is 37.0 Å². The SMILES string of the molecule is NC(=NC1CCCC1)N1CCc2ccc(F)cc21. The molecule has 1 heterocycles. The van der Waals surface area contributed by atoms with Gasteiger partial charge in [-0.25, -0.2) is 9.38 Å². The first-order chi connectivity index (χ1) is 8.74. The second-order valence-electron chi connectivity index (χ2n) is 5.10. The summed E-state index contributed by atoms with van der Waals surface area (Å²) in [5, 5.41) is 0. The van der Waals surface area contributed by atoms with Gasteiger partial charge in [-0.1, -0.05) is 18.9 Å². The average Bonchev–Trinajstić information content (AvgIpc) is 2.97. The van der Waals surface area contributed by atoms with E-state index >= 15 is 0 Å². The predicted molar refractivity (Wildman–Crippen MR) is 71.3 cm³/mol. The van der Waals surface area contributed by atoms with E-state index in [1.807, 2.05) is 11.0 Å². The molecule has 0 radical (unpaired) electrons. The zero-order valence-corrected chi connectivity index (χ0v) is 10.4. The first kappa shape index (κ1) is 11.5. The topological polar surface area (TPSA) is 41.6 Å². The number of benzene rings is 1. The van der Waals surface area contributed by atoms with Gasteiger partial charge in [0.05, 0.1) is 6.04 Å². The van der Waals surface area contributed by atoms with Crippen molar-refractivity contribution in [3.05, 3.63) is 29.6 Å². The monoisotopic (exact) mass is 247 g/mol. The molecule has 0 atom stereocenters. The number of hydrogen-bond donors (Lipinski definition) is 1. The summed E-state index contributed by atoms with van der Waals surface area (Å²) in [6.07, 6.45) is 5.66. The lowest BCUT2D eigenvalue weighted by atomic mass is 10.2. The maximum Gasteiger partial charge on any atom is 0.196 e. The molecule has 1 aliphatic heterocycles. The second-order valence-corrected chi connectivity index (χ2v) is 5.10. The van der Waals surface area contributed by atoms with E-state index in [9.17, 15) is 4.39 Å². The molecular formula is C14H18FN3. The van der Waals surface area contributed by atoms with E-state index < -0.39 is 0 Å². The summed E-state index contributed by atoms with van der Waals surface area (Å²) < 4.78 is 13.3. The predicted octanol–water partition coefficient (Wildman–Crippen LogP) is 2.45. The molecular weight excluding hydrogens is 229 g/mol. The Balaban J connectivity index is 1.84. The van der Waals surface area contributed by atoms with Gasteiger partial charge in [-0.2, -0.15) is 0 Å². The van der Waals surface area contributed by atoms with E-state index in [4.69, 9.17) is 5.73 Å². The van der Waals surface area contributed by atoms with Gasteiger partial charge in [0.25, 0.3) is 0 Å². The van der Waals surface area contributed by atoms with Crippen LogP contribution in [0.4, 0.5) is 10.1 Å². The number of aliphatic imine (C=N–C) groups is 1. The summed E-state index contributed by atoms with van der Waals surface area (Å²) >= 11 is 0. The maximum absolute atomic E-state index is 13.3. The quantitative estimate of drug-likeness (QED) is 0.611. The van der Waals surface area contributed by atoms with Crippen molar-refractivity contribution in [1.82, 2.24) is 0 Å². The Hall–Kier alpha value is -1.58. The average molecular weight is 247 g/mol. The molecule has 96 valence electrons. The molecule has 1 fully saturated rings. The first-order valence-electron chi connectivity index (χ1n) is 6.63. The molecule has 3 nitrogen and oxygen atoms in total. The molecule has 2 N–H and O–H groups in total. The molecule has 0 bridgehead atoms. The third-order valence-corrected chi connectivity index (χ3v) is 3.86. The first-order valence-corrected chi connectivity index (χ1v) is 6.63. The van der Waals surface area contributed by atoms with E-state index in [1.165, 1.54) is 18.9 Å². The summed E-state index contributed by atoms with van der Waals surface area (Å²) in [5.74, 6) is 0.334. The van der Waals surface area contributed by atoms with Gasteiger partial charge < -0.3 is 10.6 Å². The Morgan fingerprint density at radius 3 is 2.89 bits per heavy atom. The Labute approximate surface area is 106 Å². The fourth-order valence-electron chi connectivity index (χ4n) is 2.88. The lowest BCUT2D eigenvalue weighted by Crippen LogP contribution is -2.37. The molecule has 3 rings (SSSR count). The van der Waals surface area contributed by atoms with Crippen LogP contribution in [0.5, 0.6) is 0 Å². The number of halogens is 1. The standard InChI is InChI=1S/C14H18FN3/c15-11-6-5-10-7-8-18(13(10)9-11)14(16)17-12-3-1-2-4-12/h5-6,9,12H,1-4,7-8H2,(H2,16,17). The fourth-order valence-corrected chi connectivity index (χ4v) is 2.88. The largest absolute Gasteiger partial charge is 0.370 e. The number of fused-ring (bicyclic) bond motifs is 1. The van der Waals surface area contributed by atoms with Crippen molar-refractivity contribution in [2.75, 3.05) is 11.4 Å². The molecule has 1 saturated carbocycles. The van der Waals surface area contributed by atoms with Crippen molar-refractivity contribution in [3.63, 3.8) is 0 Å². The van der Waals surface area contributed by atoms with Crippen molar-refractivity contribution in [2.45, 2.75) is 38.1 Å². The highest BCUT2D eigenvalue weighted by molar-refractivity contribution is 5.96. The highest BCUT2D eigenvalue weighted by atomic mass is 19.1. The molecule has 1 aromatic carbocycles. The van der Waals surface area contributed by atoms with Gasteiger partial charge >= 0.3 is 0 Å². The van der Waals surface area contributed by atoms with Crippen LogP contribution in [-0.4, -0.2) is 18.5 Å². The number of hydrogen-bond acceptors (Lipinski definition) is 1. The van der Waals surface area contributed by atoms with Crippen molar-refractivity contribution < 1.29 is 4.39 Å². The zero-order chi connectivity index (χ0) is 12.5. The highest BCUT2D eigenvalue weighted by Crippen LogP contribution is 2.29. The van der Waals surface area contributed by atoms with E-state index in [1.54, 1.807) is 6.07 Å². The van der Waals surface area contributed by atoms with Gasteiger partial charge in [-0.15, -0.1) is 0 Å². The van der Waals surface area contributed by atoms with E-state index in [2.05, 4.69) is 4.99 Å². The summed E-state index contributed by atoms with van der Waals surface area (Å²) in [4.78, 5) is 6.53. The minimum absolute atomic E-state index is 0.214. The van der Waals surface area contributed by atoms with Crippen LogP contribution in [0.15, 0.2) is 23.2 Å². The van der Waals surface area contributed by atoms with Crippen LogP contribution < -0.4 is 10.6 Å². The number of nitrogens with zero attached hydrogens (tertiary/aromatic N) is 2. The van der Waals surface area contributed by atoms with E-state index in [0.717, 1.165) is 37.1 Å². The van der Waals surface area contributed by atoms with Gasteiger partial charge in [0.2, 0.25) is 0 Å². The lowest BCUT2D eigenvalue weighted by Gasteiger charge is -2.19. The Bertz CT molecular complexity index is 478. The fraction of sp³-hybridized carbons (Fsp3) is 0.500. The minimum atomic E-state index is -0.214. The van der Waals surface area contributed by atoms with Crippen LogP contribution in [-0.2, 0) is 6.42 Å². The molecule has 0 unspecified atom stereocenters. The van der Waals surface area contributed by atoms with Crippen molar-refractivity contribution in [1.29, 1.82) is 0 Å². The summed E-state index contributed by atoms with van der Waals surface area (Å²) in [7, 11) is 0. The molecule has 0 amide bonds. The Kier molecular flexibility index (Phi) is 2.94. The summed E-state index contributed by atoms with van der Waals surface area (Å²) in [6, 6.07) is 5.27. The Morgan fingerprint density at radius 1 is 1.33 bits per heavy atom. The molecule has 4 heteroatoms. The van der Waals surface area contributed by atoms with Crippen LogP contribution >= 0.6 is 0 Å². The third kappa shape index (κ3) is 2.07. The molecule has 1 aliphatic carbocycles. The Morgan fingerprint density at radius 2 is 2.11 bits per heavy atom. The minimum Gasteiger partial charge on any atom is -0.370 e. The zero-order valence-electron chi connectivity index (χ0n) is 10.4. The summed E-state index contributed by atoms with van der Waals surface area (Å²) in [5.41, 5.74) is 8.11. The van der Waals surface area contributed by atoms with Crippen LogP contribution in [0, 0.1) is 5.82 Å².